The smallest absolute Gasteiger partial charge is 0.186 e. The van der Waals surface area contributed by atoms with Crippen LogP contribution in [0.25, 0.3) is 0 Å². The molecule has 0 bridgehead atoms. The van der Waals surface area contributed by atoms with Crippen LogP contribution in [-0.4, -0.2) is 20.1 Å². The van der Waals surface area contributed by atoms with E-state index < -0.39 is 9.84 Å². The quantitative estimate of drug-likeness (QED) is 0.583. The van der Waals surface area contributed by atoms with E-state index in [0.717, 1.165) is 5.56 Å². The summed E-state index contributed by atoms with van der Waals surface area (Å²) in [4.78, 5) is 4.15. The van der Waals surface area contributed by atoms with Gasteiger partial charge in [-0.1, -0.05) is 19.1 Å². The molecular formula is C10H15N3O2S. The average Bonchev–Trinajstić information content (AvgIpc) is 2.27. The van der Waals surface area contributed by atoms with Crippen LogP contribution in [0.1, 0.15) is 12.5 Å². The zero-order valence-corrected chi connectivity index (χ0v) is 9.87. The Bertz CT molecular complexity index is 473. The molecule has 5 nitrogen and oxygen atoms in total. The molecule has 0 atom stereocenters. The molecule has 0 fully saturated rings. The number of benzene rings is 1. The standard InChI is InChI=1S/C10H15N3O2S/c1-2-16(14,15)9-5-3-8(4-6-9)7-13-10(11)12/h3-6H,2,7H2,1H3,(H4,11,12,13). The van der Waals surface area contributed by atoms with E-state index >= 15 is 0 Å². The first-order valence-electron chi connectivity index (χ1n) is 4.83. The van der Waals surface area contributed by atoms with Crippen molar-refractivity contribution in [2.24, 2.45) is 16.5 Å². The van der Waals surface area contributed by atoms with Crippen LogP contribution in [0.5, 0.6) is 0 Å². The second-order valence-electron chi connectivity index (χ2n) is 3.29. The number of aliphatic imine (C=N–C) groups is 1. The summed E-state index contributed by atoms with van der Waals surface area (Å²) < 4.78 is 23.0. The third-order valence-electron chi connectivity index (χ3n) is 2.11. The van der Waals surface area contributed by atoms with Crippen LogP contribution in [0.4, 0.5) is 0 Å². The molecule has 1 aromatic carbocycles. The lowest BCUT2D eigenvalue weighted by Gasteiger charge is -2.02. The van der Waals surface area contributed by atoms with Crippen molar-refractivity contribution in [3.05, 3.63) is 29.8 Å². The van der Waals surface area contributed by atoms with E-state index in [1.54, 1.807) is 31.2 Å². The molecule has 0 unspecified atom stereocenters. The van der Waals surface area contributed by atoms with Gasteiger partial charge in [0.25, 0.3) is 0 Å². The molecule has 1 aromatic rings. The van der Waals surface area contributed by atoms with Crippen LogP contribution < -0.4 is 11.5 Å². The highest BCUT2D eigenvalue weighted by Gasteiger charge is 2.10. The van der Waals surface area contributed by atoms with Crippen LogP contribution in [0.3, 0.4) is 0 Å². The van der Waals surface area contributed by atoms with Gasteiger partial charge in [0, 0.05) is 0 Å². The second-order valence-corrected chi connectivity index (χ2v) is 5.57. The number of hydrogen-bond acceptors (Lipinski definition) is 3. The number of rotatable bonds is 4. The minimum Gasteiger partial charge on any atom is -0.370 e. The van der Waals surface area contributed by atoms with Gasteiger partial charge in [-0.3, -0.25) is 0 Å². The Morgan fingerprint density at radius 2 is 1.81 bits per heavy atom. The molecule has 1 rings (SSSR count). The van der Waals surface area contributed by atoms with Crippen LogP contribution >= 0.6 is 0 Å². The maximum atomic E-state index is 11.5. The molecule has 0 aliphatic heterocycles. The van der Waals surface area contributed by atoms with Crippen LogP contribution in [0.2, 0.25) is 0 Å². The van der Waals surface area contributed by atoms with Crippen LogP contribution in [-0.2, 0) is 16.4 Å². The summed E-state index contributed by atoms with van der Waals surface area (Å²) in [5, 5.41) is 0. The Balaban J connectivity index is 2.88. The predicted octanol–water partition coefficient (Wildman–Crippen LogP) is 0.254. The van der Waals surface area contributed by atoms with E-state index in [4.69, 9.17) is 11.5 Å². The Hall–Kier alpha value is -1.56. The van der Waals surface area contributed by atoms with Crippen molar-refractivity contribution in [1.29, 1.82) is 0 Å². The molecule has 4 N–H and O–H groups in total. The third kappa shape index (κ3) is 3.23. The highest BCUT2D eigenvalue weighted by molar-refractivity contribution is 7.91. The maximum absolute atomic E-state index is 11.5. The minimum atomic E-state index is -3.13. The minimum absolute atomic E-state index is 0.0188. The first-order valence-corrected chi connectivity index (χ1v) is 6.48. The van der Waals surface area contributed by atoms with Gasteiger partial charge in [0.2, 0.25) is 0 Å². The summed E-state index contributed by atoms with van der Waals surface area (Å²) in [6, 6.07) is 6.54. The van der Waals surface area contributed by atoms with Gasteiger partial charge in [0.05, 0.1) is 17.2 Å². The Morgan fingerprint density at radius 1 is 1.25 bits per heavy atom. The SMILES string of the molecule is CCS(=O)(=O)c1ccc(CN=C(N)N)cc1. The molecule has 0 spiro atoms. The number of nitrogens with zero attached hydrogens (tertiary/aromatic N) is 1. The lowest BCUT2D eigenvalue weighted by Crippen LogP contribution is -2.22. The molecule has 0 amide bonds. The summed E-state index contributed by atoms with van der Waals surface area (Å²) in [6.45, 7) is 1.97. The topological polar surface area (TPSA) is 98.5 Å². The molecule has 0 saturated heterocycles. The summed E-state index contributed by atoms with van der Waals surface area (Å²) >= 11 is 0. The van der Waals surface area contributed by atoms with Crippen LogP contribution in [0, 0.1) is 0 Å². The lowest BCUT2D eigenvalue weighted by atomic mass is 10.2. The first kappa shape index (κ1) is 12.5. The van der Waals surface area contributed by atoms with Gasteiger partial charge >= 0.3 is 0 Å². The van der Waals surface area contributed by atoms with Crippen molar-refractivity contribution in [3.8, 4) is 0 Å². The third-order valence-corrected chi connectivity index (χ3v) is 3.86. The molecule has 16 heavy (non-hydrogen) atoms. The van der Waals surface area contributed by atoms with Gasteiger partial charge in [-0.25, -0.2) is 13.4 Å². The Labute approximate surface area is 95.1 Å². The van der Waals surface area contributed by atoms with E-state index in [1.807, 2.05) is 0 Å². The summed E-state index contributed by atoms with van der Waals surface area (Å²) in [7, 11) is -3.13. The molecule has 88 valence electrons. The monoisotopic (exact) mass is 241 g/mol. The molecule has 0 radical (unpaired) electrons. The van der Waals surface area contributed by atoms with E-state index in [0.29, 0.717) is 11.4 Å². The average molecular weight is 241 g/mol. The van der Waals surface area contributed by atoms with Crippen molar-refractivity contribution >= 4 is 15.8 Å². The van der Waals surface area contributed by atoms with Gasteiger partial charge in [0.1, 0.15) is 0 Å². The second kappa shape index (κ2) is 4.98. The molecule has 6 heteroatoms. The molecular weight excluding hydrogens is 226 g/mol. The number of nitrogens with two attached hydrogens (primary N) is 2. The van der Waals surface area contributed by atoms with Gasteiger partial charge in [0.15, 0.2) is 15.8 Å². The fourth-order valence-corrected chi connectivity index (χ4v) is 2.04. The molecule has 0 saturated carbocycles. The van der Waals surface area contributed by atoms with Crippen LogP contribution in [0.15, 0.2) is 34.2 Å². The van der Waals surface area contributed by atoms with E-state index in [1.165, 1.54) is 0 Å². The zero-order valence-electron chi connectivity index (χ0n) is 9.05. The first-order chi connectivity index (χ1) is 7.45. The predicted molar refractivity (Wildman–Crippen MR) is 63.7 cm³/mol. The number of sulfone groups is 1. The fourth-order valence-electron chi connectivity index (χ4n) is 1.15. The van der Waals surface area contributed by atoms with Crippen molar-refractivity contribution < 1.29 is 8.42 Å². The Morgan fingerprint density at radius 3 is 2.25 bits per heavy atom. The normalized spacial score (nSPS) is 11.1. The van der Waals surface area contributed by atoms with Crippen molar-refractivity contribution in [3.63, 3.8) is 0 Å². The van der Waals surface area contributed by atoms with Gasteiger partial charge in [-0.2, -0.15) is 0 Å². The van der Waals surface area contributed by atoms with E-state index in [-0.39, 0.29) is 11.7 Å². The molecule has 0 aromatic heterocycles. The largest absolute Gasteiger partial charge is 0.370 e. The van der Waals surface area contributed by atoms with E-state index in [2.05, 4.69) is 4.99 Å². The fraction of sp³-hybridized carbons (Fsp3) is 0.300. The summed E-state index contributed by atoms with van der Waals surface area (Å²) in [6.07, 6.45) is 0. The summed E-state index contributed by atoms with van der Waals surface area (Å²) in [5.41, 5.74) is 11.2. The zero-order chi connectivity index (χ0) is 12.2. The van der Waals surface area contributed by atoms with Crippen molar-refractivity contribution in [2.45, 2.75) is 18.4 Å². The molecule has 0 heterocycles. The van der Waals surface area contributed by atoms with Gasteiger partial charge < -0.3 is 11.5 Å². The summed E-state index contributed by atoms with van der Waals surface area (Å²) in [5.74, 6) is 0.116. The molecule has 0 aliphatic rings. The maximum Gasteiger partial charge on any atom is 0.186 e. The van der Waals surface area contributed by atoms with Gasteiger partial charge in [-0.05, 0) is 17.7 Å². The number of hydrogen-bond donors (Lipinski definition) is 2. The lowest BCUT2D eigenvalue weighted by molar-refractivity contribution is 0.597. The molecule has 0 aliphatic carbocycles. The van der Waals surface area contributed by atoms with E-state index in [9.17, 15) is 8.42 Å². The highest BCUT2D eigenvalue weighted by atomic mass is 32.2. The van der Waals surface area contributed by atoms with Crippen molar-refractivity contribution in [2.75, 3.05) is 5.75 Å². The highest BCUT2D eigenvalue weighted by Crippen LogP contribution is 2.12. The van der Waals surface area contributed by atoms with Crippen molar-refractivity contribution in [1.82, 2.24) is 0 Å². The Kier molecular flexibility index (Phi) is 3.89. The van der Waals surface area contributed by atoms with Gasteiger partial charge in [-0.15, -0.1) is 0 Å². The number of guanidine groups is 1.